The molecule has 1 aromatic heterocycles. The molecule has 27 heavy (non-hydrogen) atoms. The highest BCUT2D eigenvalue weighted by Crippen LogP contribution is 2.20. The van der Waals surface area contributed by atoms with Gasteiger partial charge in [-0.3, -0.25) is 4.79 Å². The number of nitrogens with one attached hydrogen (secondary N) is 1. The molecule has 0 unspecified atom stereocenters. The third kappa shape index (κ3) is 5.69. The summed E-state index contributed by atoms with van der Waals surface area (Å²) in [6, 6.07) is 4.03. The van der Waals surface area contributed by atoms with Crippen LogP contribution in [0.3, 0.4) is 0 Å². The number of pyridine rings is 1. The van der Waals surface area contributed by atoms with Gasteiger partial charge in [-0.25, -0.2) is 4.79 Å². The molecule has 0 radical (unpaired) electrons. The molecule has 0 amide bonds. The number of ether oxygens (including phenoxy) is 1. The summed E-state index contributed by atoms with van der Waals surface area (Å²) in [4.78, 5) is 27.5. The van der Waals surface area contributed by atoms with Gasteiger partial charge in [0.1, 0.15) is 5.56 Å². The lowest BCUT2D eigenvalue weighted by molar-refractivity contribution is 0.0599. The van der Waals surface area contributed by atoms with Gasteiger partial charge in [0.25, 0.3) is 0 Å². The van der Waals surface area contributed by atoms with Gasteiger partial charge in [-0.1, -0.05) is 58.8 Å². The highest BCUT2D eigenvalue weighted by Gasteiger charge is 2.14. The van der Waals surface area contributed by atoms with Crippen molar-refractivity contribution in [2.24, 2.45) is 0 Å². The van der Waals surface area contributed by atoms with E-state index in [4.69, 9.17) is 4.74 Å². The lowest BCUT2D eigenvalue weighted by Gasteiger charge is -2.11. The van der Waals surface area contributed by atoms with E-state index in [0.717, 1.165) is 24.8 Å². The number of hydrogen-bond donors (Lipinski definition) is 1. The summed E-state index contributed by atoms with van der Waals surface area (Å²) in [5.74, 6) is -0.595. The number of fused-ring (bicyclic) bond motifs is 1. The Kier molecular flexibility index (Phi) is 8.56. The van der Waals surface area contributed by atoms with Crippen molar-refractivity contribution in [3.05, 3.63) is 45.2 Å². The summed E-state index contributed by atoms with van der Waals surface area (Å²) in [5, 5.41) is 0.574. The number of hydrogen-bond acceptors (Lipinski definition) is 3. The van der Waals surface area contributed by atoms with Gasteiger partial charge in [0.15, 0.2) is 0 Å². The molecule has 1 heterocycles. The van der Waals surface area contributed by atoms with Gasteiger partial charge in [-0.15, -0.1) is 0 Å². The number of carbonyl (C=O) groups excluding carboxylic acids is 1. The van der Waals surface area contributed by atoms with Crippen LogP contribution < -0.4 is 5.43 Å². The summed E-state index contributed by atoms with van der Waals surface area (Å²) < 4.78 is 4.71. The van der Waals surface area contributed by atoms with E-state index in [2.05, 4.69) is 24.9 Å². The van der Waals surface area contributed by atoms with E-state index in [-0.39, 0.29) is 11.0 Å². The van der Waals surface area contributed by atoms with Crippen molar-refractivity contribution < 1.29 is 9.53 Å². The monoisotopic (exact) mass is 371 g/mol. The van der Waals surface area contributed by atoms with Crippen LogP contribution >= 0.6 is 0 Å². The third-order valence-electron chi connectivity index (χ3n) is 5.29. The van der Waals surface area contributed by atoms with Crippen LogP contribution in [0.5, 0.6) is 0 Å². The van der Waals surface area contributed by atoms with Gasteiger partial charge in [-0.2, -0.15) is 0 Å². The minimum Gasteiger partial charge on any atom is -0.465 e. The average Bonchev–Trinajstić information content (AvgIpc) is 2.69. The number of esters is 1. The van der Waals surface area contributed by atoms with Gasteiger partial charge in [0.2, 0.25) is 5.43 Å². The van der Waals surface area contributed by atoms with Gasteiger partial charge in [0.05, 0.1) is 7.11 Å². The first-order valence-electron chi connectivity index (χ1n) is 10.4. The molecule has 4 nitrogen and oxygen atoms in total. The van der Waals surface area contributed by atoms with Crippen molar-refractivity contribution >= 4 is 16.9 Å². The number of unbranched alkanes of at least 4 members (excludes halogenated alkanes) is 7. The van der Waals surface area contributed by atoms with E-state index >= 15 is 0 Å². The number of aromatic amines is 1. The molecule has 0 atom stereocenters. The lowest BCUT2D eigenvalue weighted by atomic mass is 9.96. The van der Waals surface area contributed by atoms with Crippen molar-refractivity contribution in [2.45, 2.75) is 78.1 Å². The Morgan fingerprint density at radius 3 is 2.26 bits per heavy atom. The number of aromatic nitrogens is 1. The van der Waals surface area contributed by atoms with E-state index in [1.807, 2.05) is 6.07 Å². The van der Waals surface area contributed by atoms with Gasteiger partial charge in [-0.05, 0) is 42.5 Å². The van der Waals surface area contributed by atoms with Crippen LogP contribution in [-0.2, 0) is 17.6 Å². The Morgan fingerprint density at radius 2 is 1.63 bits per heavy atom. The van der Waals surface area contributed by atoms with Crippen molar-refractivity contribution in [2.75, 3.05) is 7.11 Å². The lowest BCUT2D eigenvalue weighted by Crippen LogP contribution is -2.17. The third-order valence-corrected chi connectivity index (χ3v) is 5.29. The maximum atomic E-state index is 12.7. The first-order chi connectivity index (χ1) is 13.1. The number of aryl methyl sites for hydroxylation is 2. The molecule has 2 aromatic rings. The molecule has 148 valence electrons. The van der Waals surface area contributed by atoms with E-state index in [1.165, 1.54) is 69.4 Å². The Balaban J connectivity index is 2.07. The second-order valence-electron chi connectivity index (χ2n) is 7.27. The Bertz CT molecular complexity index is 807. The summed E-state index contributed by atoms with van der Waals surface area (Å²) in [6.07, 6.45) is 13.7. The van der Waals surface area contributed by atoms with Crippen molar-refractivity contribution in [1.82, 2.24) is 4.98 Å². The molecule has 1 N–H and O–H groups in total. The zero-order chi connectivity index (χ0) is 19.6. The zero-order valence-electron chi connectivity index (χ0n) is 17.0. The van der Waals surface area contributed by atoms with E-state index in [9.17, 15) is 9.59 Å². The topological polar surface area (TPSA) is 59.2 Å². The van der Waals surface area contributed by atoms with Crippen LogP contribution in [0.4, 0.5) is 0 Å². The van der Waals surface area contributed by atoms with Crippen LogP contribution in [0.1, 0.15) is 86.7 Å². The van der Waals surface area contributed by atoms with Gasteiger partial charge in [0, 0.05) is 17.1 Å². The predicted molar refractivity (Wildman–Crippen MR) is 112 cm³/mol. The fourth-order valence-corrected chi connectivity index (χ4v) is 3.63. The molecule has 2 rings (SSSR count). The van der Waals surface area contributed by atoms with Crippen LogP contribution in [0.25, 0.3) is 10.9 Å². The SMILES string of the molecule is CCCCCCCCCCc1cc2c(=O)c(C(=O)OC)c[nH]c2cc1CC. The standard InChI is InChI=1S/C23H33NO3/c1-4-6-7-8-9-10-11-12-13-18-14-19-21(15-17(18)5-2)24-16-20(22(19)25)23(26)27-3/h14-16H,4-13H2,1-3H3,(H,24,25). The fourth-order valence-electron chi connectivity index (χ4n) is 3.63. The number of benzene rings is 1. The molecule has 0 aliphatic heterocycles. The largest absolute Gasteiger partial charge is 0.465 e. The minimum absolute atomic E-state index is 0.0623. The minimum atomic E-state index is -0.595. The Morgan fingerprint density at radius 1 is 0.963 bits per heavy atom. The molecule has 0 spiro atoms. The van der Waals surface area contributed by atoms with E-state index in [0.29, 0.717) is 5.39 Å². The molecule has 0 saturated carbocycles. The highest BCUT2D eigenvalue weighted by atomic mass is 16.5. The summed E-state index contributed by atoms with van der Waals surface area (Å²) in [5.41, 5.74) is 3.09. The number of methoxy groups -OCH3 is 1. The molecule has 1 aromatic carbocycles. The van der Waals surface area contributed by atoms with Crippen LogP contribution in [0.15, 0.2) is 23.1 Å². The highest BCUT2D eigenvalue weighted by molar-refractivity contribution is 5.93. The molecule has 0 bridgehead atoms. The summed E-state index contributed by atoms with van der Waals surface area (Å²) in [7, 11) is 1.29. The first kappa shape index (κ1) is 21.2. The Labute approximate surface area is 162 Å². The zero-order valence-corrected chi connectivity index (χ0v) is 17.0. The van der Waals surface area contributed by atoms with Gasteiger partial charge < -0.3 is 9.72 Å². The molecule has 0 aliphatic rings. The maximum Gasteiger partial charge on any atom is 0.343 e. The summed E-state index contributed by atoms with van der Waals surface area (Å²) in [6.45, 7) is 4.38. The second kappa shape index (κ2) is 10.9. The normalized spacial score (nSPS) is 11.1. The first-order valence-corrected chi connectivity index (χ1v) is 10.4. The summed E-state index contributed by atoms with van der Waals surface area (Å²) >= 11 is 0. The predicted octanol–water partition coefficient (Wildman–Crippen LogP) is 5.56. The van der Waals surface area contributed by atoms with Crippen molar-refractivity contribution in [3.8, 4) is 0 Å². The molecule has 0 saturated heterocycles. The smallest absolute Gasteiger partial charge is 0.343 e. The maximum absolute atomic E-state index is 12.7. The van der Waals surface area contributed by atoms with E-state index in [1.54, 1.807) is 0 Å². The molecule has 0 aliphatic carbocycles. The number of carbonyl (C=O) groups is 1. The van der Waals surface area contributed by atoms with Crippen LogP contribution in [-0.4, -0.2) is 18.1 Å². The molecule has 0 fully saturated rings. The number of rotatable bonds is 11. The second-order valence-corrected chi connectivity index (χ2v) is 7.27. The van der Waals surface area contributed by atoms with Crippen molar-refractivity contribution in [3.63, 3.8) is 0 Å². The van der Waals surface area contributed by atoms with Crippen LogP contribution in [0.2, 0.25) is 0 Å². The quantitative estimate of drug-likeness (QED) is 0.415. The molecule has 4 heteroatoms. The Hall–Kier alpha value is -2.10. The fraction of sp³-hybridized carbons (Fsp3) is 0.565. The van der Waals surface area contributed by atoms with E-state index < -0.39 is 5.97 Å². The molecular weight excluding hydrogens is 338 g/mol. The average molecular weight is 372 g/mol. The molecular formula is C23H33NO3. The number of H-pyrrole nitrogens is 1. The van der Waals surface area contributed by atoms with Gasteiger partial charge >= 0.3 is 5.97 Å². The van der Waals surface area contributed by atoms with Crippen LogP contribution in [0, 0.1) is 0 Å². The van der Waals surface area contributed by atoms with Crippen molar-refractivity contribution in [1.29, 1.82) is 0 Å².